The van der Waals surface area contributed by atoms with Crippen molar-refractivity contribution in [2.45, 2.75) is 40.5 Å². The fourth-order valence-electron chi connectivity index (χ4n) is 2.06. The highest BCUT2D eigenvalue weighted by atomic mass is 16.4. The van der Waals surface area contributed by atoms with Gasteiger partial charge in [-0.15, -0.1) is 0 Å². The maximum absolute atomic E-state index is 12.1. The van der Waals surface area contributed by atoms with Crippen molar-refractivity contribution in [3.8, 4) is 0 Å². The molecule has 0 aliphatic heterocycles. The van der Waals surface area contributed by atoms with Crippen LogP contribution in [0.15, 0.2) is 12.1 Å². The van der Waals surface area contributed by atoms with Gasteiger partial charge in [-0.2, -0.15) is 0 Å². The number of aryl methyl sites for hydroxylation is 3. The van der Waals surface area contributed by atoms with Crippen LogP contribution in [0.2, 0.25) is 0 Å². The summed E-state index contributed by atoms with van der Waals surface area (Å²) in [4.78, 5) is 22.7. The minimum atomic E-state index is -0.855. The van der Waals surface area contributed by atoms with Gasteiger partial charge < -0.3 is 5.11 Å². The van der Waals surface area contributed by atoms with Crippen molar-refractivity contribution in [2.24, 2.45) is 5.92 Å². The largest absolute Gasteiger partial charge is 0.481 e. The van der Waals surface area contributed by atoms with E-state index < -0.39 is 5.97 Å². The van der Waals surface area contributed by atoms with E-state index in [1.807, 2.05) is 32.9 Å². The molecule has 0 fully saturated rings. The Bertz CT molecular complexity index is 475. The third-order valence-corrected chi connectivity index (χ3v) is 3.20. The topological polar surface area (TPSA) is 54.4 Å². The molecule has 0 saturated heterocycles. The molecule has 0 heterocycles. The molecular formula is C15H20O3. The molecule has 18 heavy (non-hydrogen) atoms. The molecule has 0 saturated carbocycles. The predicted molar refractivity (Wildman–Crippen MR) is 71.0 cm³/mol. The summed E-state index contributed by atoms with van der Waals surface area (Å²) in [6.45, 7) is 7.71. The fraction of sp³-hybridized carbons (Fsp3) is 0.467. The van der Waals surface area contributed by atoms with Crippen LogP contribution in [-0.2, 0) is 4.79 Å². The molecule has 1 atom stereocenters. The third-order valence-electron chi connectivity index (χ3n) is 3.20. The quantitative estimate of drug-likeness (QED) is 0.813. The maximum Gasteiger partial charge on any atom is 0.303 e. The maximum atomic E-state index is 12.1. The molecule has 3 heteroatoms. The van der Waals surface area contributed by atoms with E-state index in [0.29, 0.717) is 0 Å². The summed E-state index contributed by atoms with van der Waals surface area (Å²) >= 11 is 0. The highest BCUT2D eigenvalue weighted by molar-refractivity contribution is 5.98. The molecule has 0 radical (unpaired) electrons. The van der Waals surface area contributed by atoms with Crippen LogP contribution in [0.4, 0.5) is 0 Å². The summed E-state index contributed by atoms with van der Waals surface area (Å²) in [5.41, 5.74) is 3.94. The molecule has 1 aromatic carbocycles. The van der Waals surface area contributed by atoms with Crippen LogP contribution < -0.4 is 0 Å². The number of carbonyl (C=O) groups excluding carboxylic acids is 1. The van der Waals surface area contributed by atoms with Crippen LogP contribution in [0.1, 0.15) is 46.8 Å². The van der Waals surface area contributed by atoms with Gasteiger partial charge in [0, 0.05) is 18.4 Å². The predicted octanol–water partition coefficient (Wildman–Crippen LogP) is 3.30. The van der Waals surface area contributed by atoms with Gasteiger partial charge in [-0.25, -0.2) is 0 Å². The second kappa shape index (κ2) is 5.80. The lowest BCUT2D eigenvalue weighted by Gasteiger charge is -2.11. The van der Waals surface area contributed by atoms with Crippen LogP contribution in [-0.4, -0.2) is 16.9 Å². The van der Waals surface area contributed by atoms with Crippen molar-refractivity contribution in [3.63, 3.8) is 0 Å². The Labute approximate surface area is 108 Å². The van der Waals surface area contributed by atoms with Crippen molar-refractivity contribution in [2.75, 3.05) is 0 Å². The normalized spacial score (nSPS) is 12.2. The van der Waals surface area contributed by atoms with Gasteiger partial charge >= 0.3 is 5.97 Å². The lowest BCUT2D eigenvalue weighted by Crippen LogP contribution is -2.11. The van der Waals surface area contributed by atoms with Crippen LogP contribution in [0, 0.1) is 26.7 Å². The van der Waals surface area contributed by atoms with E-state index in [4.69, 9.17) is 5.11 Å². The summed E-state index contributed by atoms with van der Waals surface area (Å²) in [5, 5.41) is 8.69. The summed E-state index contributed by atoms with van der Waals surface area (Å²) in [7, 11) is 0. The van der Waals surface area contributed by atoms with E-state index >= 15 is 0 Å². The molecule has 1 N–H and O–H groups in total. The third kappa shape index (κ3) is 3.69. The molecule has 0 aliphatic rings. The minimum absolute atomic E-state index is 0.0318. The van der Waals surface area contributed by atoms with E-state index in [0.717, 1.165) is 16.7 Å². The van der Waals surface area contributed by atoms with Gasteiger partial charge in [-0.05, 0) is 49.4 Å². The Morgan fingerprint density at radius 1 is 1.06 bits per heavy atom. The molecule has 1 aromatic rings. The molecule has 0 amide bonds. The van der Waals surface area contributed by atoms with Gasteiger partial charge in [0.2, 0.25) is 0 Å². The van der Waals surface area contributed by atoms with Gasteiger partial charge in [0.1, 0.15) is 0 Å². The number of Topliss-reactive ketones (excluding diaryl/α,β-unsaturated/α-hetero) is 1. The van der Waals surface area contributed by atoms with Crippen LogP contribution in [0.25, 0.3) is 0 Å². The Morgan fingerprint density at radius 3 is 2.17 bits per heavy atom. The lowest BCUT2D eigenvalue weighted by atomic mass is 9.92. The summed E-state index contributed by atoms with van der Waals surface area (Å²) in [6, 6.07) is 3.91. The molecule has 0 aromatic heterocycles. The van der Waals surface area contributed by atoms with Crippen molar-refractivity contribution in [3.05, 3.63) is 34.4 Å². The van der Waals surface area contributed by atoms with Crippen LogP contribution >= 0.6 is 0 Å². The summed E-state index contributed by atoms with van der Waals surface area (Å²) in [6.07, 6.45) is 0.325. The number of carboxylic acids is 1. The molecular weight excluding hydrogens is 228 g/mol. The number of hydrogen-bond donors (Lipinski definition) is 1. The number of hydrogen-bond acceptors (Lipinski definition) is 2. The smallest absolute Gasteiger partial charge is 0.303 e. The van der Waals surface area contributed by atoms with E-state index in [1.54, 1.807) is 6.92 Å². The van der Waals surface area contributed by atoms with E-state index in [-0.39, 0.29) is 24.5 Å². The minimum Gasteiger partial charge on any atom is -0.481 e. The zero-order valence-corrected chi connectivity index (χ0v) is 11.4. The monoisotopic (exact) mass is 248 g/mol. The molecule has 98 valence electrons. The Hall–Kier alpha value is -1.64. The zero-order valence-electron chi connectivity index (χ0n) is 11.4. The second-order valence-corrected chi connectivity index (χ2v) is 5.08. The first-order valence-corrected chi connectivity index (χ1v) is 6.14. The van der Waals surface area contributed by atoms with Crippen molar-refractivity contribution < 1.29 is 14.7 Å². The highest BCUT2D eigenvalue weighted by Gasteiger charge is 2.16. The van der Waals surface area contributed by atoms with Crippen molar-refractivity contribution >= 4 is 11.8 Å². The van der Waals surface area contributed by atoms with Gasteiger partial charge in [-0.1, -0.05) is 13.0 Å². The number of ketones is 1. The van der Waals surface area contributed by atoms with Gasteiger partial charge in [-0.3, -0.25) is 9.59 Å². The summed E-state index contributed by atoms with van der Waals surface area (Å²) in [5.74, 6) is -0.951. The zero-order chi connectivity index (χ0) is 13.9. The van der Waals surface area contributed by atoms with Gasteiger partial charge in [0.05, 0.1) is 0 Å². The van der Waals surface area contributed by atoms with Gasteiger partial charge in [0.15, 0.2) is 5.78 Å². The van der Waals surface area contributed by atoms with Crippen molar-refractivity contribution in [1.82, 2.24) is 0 Å². The Kier molecular flexibility index (Phi) is 4.65. The van der Waals surface area contributed by atoms with E-state index in [1.165, 1.54) is 5.56 Å². The summed E-state index contributed by atoms with van der Waals surface area (Å²) < 4.78 is 0. The average Bonchev–Trinajstić information content (AvgIpc) is 2.21. The SMILES string of the molecule is Cc1cc(C)c(C(=O)CC(C)CC(=O)O)cc1C. The average molecular weight is 248 g/mol. The highest BCUT2D eigenvalue weighted by Crippen LogP contribution is 2.19. The van der Waals surface area contributed by atoms with Crippen molar-refractivity contribution in [1.29, 1.82) is 0 Å². The van der Waals surface area contributed by atoms with Crippen LogP contribution in [0.5, 0.6) is 0 Å². The standard InChI is InChI=1S/C15H20O3/c1-9(6-15(17)18)5-14(16)13-8-11(3)10(2)7-12(13)4/h7-9H,5-6H2,1-4H3,(H,17,18). The van der Waals surface area contributed by atoms with E-state index in [2.05, 4.69) is 0 Å². The van der Waals surface area contributed by atoms with Gasteiger partial charge in [0.25, 0.3) is 0 Å². The fourth-order valence-corrected chi connectivity index (χ4v) is 2.06. The Balaban J connectivity index is 2.85. The first-order valence-electron chi connectivity index (χ1n) is 6.14. The molecule has 3 nitrogen and oxygen atoms in total. The number of aliphatic carboxylic acids is 1. The number of carbonyl (C=O) groups is 2. The molecule has 0 bridgehead atoms. The number of rotatable bonds is 5. The molecule has 0 aliphatic carbocycles. The first-order chi connectivity index (χ1) is 8.31. The van der Waals surface area contributed by atoms with E-state index in [9.17, 15) is 9.59 Å². The second-order valence-electron chi connectivity index (χ2n) is 5.08. The first kappa shape index (κ1) is 14.4. The molecule has 1 rings (SSSR count). The number of benzene rings is 1. The molecule has 1 unspecified atom stereocenters. The number of carboxylic acid groups (broad SMARTS) is 1. The molecule has 0 spiro atoms. The Morgan fingerprint density at radius 2 is 1.61 bits per heavy atom. The lowest BCUT2D eigenvalue weighted by molar-refractivity contribution is -0.137. The van der Waals surface area contributed by atoms with Crippen LogP contribution in [0.3, 0.4) is 0 Å².